The van der Waals surface area contributed by atoms with Gasteiger partial charge in [-0.05, 0) is 49.4 Å². The SMILES string of the molecule is C[C@@H](CNC(=O)c1ccc2[nH]c(=O)[nH]c2c1)Oc1ccc(F)cc1. The van der Waals surface area contributed by atoms with Crippen LogP contribution in [-0.4, -0.2) is 28.5 Å². The Morgan fingerprint density at radius 1 is 1.17 bits per heavy atom. The Bertz CT molecular complexity index is 915. The Morgan fingerprint density at radius 3 is 2.62 bits per heavy atom. The molecule has 0 saturated heterocycles. The van der Waals surface area contributed by atoms with Crippen LogP contribution in [0.4, 0.5) is 4.39 Å². The summed E-state index contributed by atoms with van der Waals surface area (Å²) >= 11 is 0. The van der Waals surface area contributed by atoms with Gasteiger partial charge in [-0.15, -0.1) is 0 Å². The zero-order valence-electron chi connectivity index (χ0n) is 12.9. The topological polar surface area (TPSA) is 87.0 Å². The Balaban J connectivity index is 1.59. The molecule has 0 unspecified atom stereocenters. The van der Waals surface area contributed by atoms with E-state index in [0.717, 1.165) is 0 Å². The lowest BCUT2D eigenvalue weighted by Gasteiger charge is -2.15. The molecule has 3 rings (SSSR count). The largest absolute Gasteiger partial charge is 0.489 e. The zero-order valence-corrected chi connectivity index (χ0v) is 12.9. The van der Waals surface area contributed by atoms with Crippen LogP contribution in [0.25, 0.3) is 11.0 Å². The van der Waals surface area contributed by atoms with Gasteiger partial charge < -0.3 is 20.0 Å². The van der Waals surface area contributed by atoms with Gasteiger partial charge in [-0.2, -0.15) is 0 Å². The number of carbonyl (C=O) groups is 1. The third-order valence-corrected chi connectivity index (χ3v) is 3.48. The van der Waals surface area contributed by atoms with Crippen LogP contribution in [0, 0.1) is 5.82 Å². The van der Waals surface area contributed by atoms with Crippen LogP contribution >= 0.6 is 0 Å². The van der Waals surface area contributed by atoms with Crippen molar-refractivity contribution in [1.29, 1.82) is 0 Å². The summed E-state index contributed by atoms with van der Waals surface area (Å²) in [5.74, 6) is -0.0699. The monoisotopic (exact) mass is 329 g/mol. The predicted molar refractivity (Wildman–Crippen MR) is 87.7 cm³/mol. The first-order valence-electron chi connectivity index (χ1n) is 7.44. The molecule has 3 aromatic rings. The van der Waals surface area contributed by atoms with E-state index in [1.165, 1.54) is 24.3 Å². The molecule has 0 aliphatic heterocycles. The number of amides is 1. The average Bonchev–Trinajstić information content (AvgIpc) is 2.94. The summed E-state index contributed by atoms with van der Waals surface area (Å²) in [6, 6.07) is 10.6. The molecule has 1 aromatic heterocycles. The summed E-state index contributed by atoms with van der Waals surface area (Å²) in [6.45, 7) is 2.09. The quantitative estimate of drug-likeness (QED) is 0.670. The third kappa shape index (κ3) is 3.62. The number of imidazole rings is 1. The Labute approximate surface area is 136 Å². The fourth-order valence-electron chi connectivity index (χ4n) is 2.30. The minimum Gasteiger partial charge on any atom is -0.489 e. The van der Waals surface area contributed by atoms with E-state index < -0.39 is 0 Å². The van der Waals surface area contributed by atoms with E-state index in [-0.39, 0.29) is 30.1 Å². The van der Waals surface area contributed by atoms with Crippen molar-refractivity contribution in [2.24, 2.45) is 0 Å². The number of hydrogen-bond donors (Lipinski definition) is 3. The van der Waals surface area contributed by atoms with Gasteiger partial charge in [0, 0.05) is 5.56 Å². The number of nitrogens with one attached hydrogen (secondary N) is 3. The fraction of sp³-hybridized carbons (Fsp3) is 0.176. The second kappa shape index (κ2) is 6.57. The molecule has 2 aromatic carbocycles. The number of rotatable bonds is 5. The van der Waals surface area contributed by atoms with Gasteiger partial charge in [0.25, 0.3) is 5.91 Å². The van der Waals surface area contributed by atoms with E-state index in [0.29, 0.717) is 22.3 Å². The third-order valence-electron chi connectivity index (χ3n) is 3.48. The summed E-state index contributed by atoms with van der Waals surface area (Å²) in [7, 11) is 0. The van der Waals surface area contributed by atoms with Crippen molar-refractivity contribution in [3.63, 3.8) is 0 Å². The smallest absolute Gasteiger partial charge is 0.323 e. The number of aromatic nitrogens is 2. The van der Waals surface area contributed by atoms with Crippen molar-refractivity contribution >= 4 is 16.9 Å². The molecule has 0 fully saturated rings. The van der Waals surface area contributed by atoms with Crippen LogP contribution in [0.15, 0.2) is 47.3 Å². The van der Waals surface area contributed by atoms with E-state index in [2.05, 4.69) is 15.3 Å². The summed E-state index contributed by atoms with van der Waals surface area (Å²) in [4.78, 5) is 28.6. The normalized spacial score (nSPS) is 12.1. The van der Waals surface area contributed by atoms with Gasteiger partial charge in [0.2, 0.25) is 0 Å². The number of halogens is 1. The summed E-state index contributed by atoms with van der Waals surface area (Å²) in [5, 5.41) is 2.76. The van der Waals surface area contributed by atoms with Crippen molar-refractivity contribution in [3.8, 4) is 5.75 Å². The number of ether oxygens (including phenoxy) is 1. The standard InChI is InChI=1S/C17H16FN3O3/c1-10(24-13-5-3-12(18)4-6-13)9-19-16(22)11-2-7-14-15(8-11)21-17(23)20-14/h2-8,10H,9H2,1H3,(H,19,22)(H2,20,21,23)/t10-/m0/s1. The van der Waals surface area contributed by atoms with E-state index >= 15 is 0 Å². The van der Waals surface area contributed by atoms with Gasteiger partial charge in [0.1, 0.15) is 17.7 Å². The molecule has 124 valence electrons. The van der Waals surface area contributed by atoms with Crippen LogP contribution in [0.2, 0.25) is 0 Å². The van der Waals surface area contributed by atoms with E-state index in [1.807, 2.05) is 0 Å². The average molecular weight is 329 g/mol. The Kier molecular flexibility index (Phi) is 4.33. The zero-order chi connectivity index (χ0) is 17.1. The lowest BCUT2D eigenvalue weighted by molar-refractivity contribution is 0.0932. The molecule has 7 heteroatoms. The lowest BCUT2D eigenvalue weighted by Crippen LogP contribution is -2.33. The van der Waals surface area contributed by atoms with Crippen LogP contribution in [0.5, 0.6) is 5.75 Å². The molecule has 6 nitrogen and oxygen atoms in total. The Morgan fingerprint density at radius 2 is 1.88 bits per heavy atom. The molecule has 0 bridgehead atoms. The van der Waals surface area contributed by atoms with Crippen LogP contribution < -0.4 is 15.7 Å². The number of aromatic amines is 2. The van der Waals surface area contributed by atoms with Crippen LogP contribution in [0.1, 0.15) is 17.3 Å². The van der Waals surface area contributed by atoms with Gasteiger partial charge in [-0.25, -0.2) is 9.18 Å². The molecule has 1 heterocycles. The molecule has 0 aliphatic carbocycles. The van der Waals surface area contributed by atoms with E-state index in [1.54, 1.807) is 25.1 Å². The number of hydrogen-bond acceptors (Lipinski definition) is 3. The first-order chi connectivity index (χ1) is 11.5. The number of H-pyrrole nitrogens is 2. The molecule has 0 radical (unpaired) electrons. The van der Waals surface area contributed by atoms with Gasteiger partial charge in [-0.3, -0.25) is 4.79 Å². The number of carbonyl (C=O) groups excluding carboxylic acids is 1. The first kappa shape index (κ1) is 15.8. The van der Waals surface area contributed by atoms with Crippen molar-refractivity contribution in [2.75, 3.05) is 6.54 Å². The van der Waals surface area contributed by atoms with Gasteiger partial charge >= 0.3 is 5.69 Å². The second-order valence-electron chi connectivity index (χ2n) is 5.43. The van der Waals surface area contributed by atoms with Crippen LogP contribution in [-0.2, 0) is 0 Å². The highest BCUT2D eigenvalue weighted by Crippen LogP contribution is 2.13. The summed E-state index contributed by atoms with van der Waals surface area (Å²) in [5.41, 5.74) is 1.34. The molecule has 3 N–H and O–H groups in total. The molecule has 0 saturated carbocycles. The second-order valence-corrected chi connectivity index (χ2v) is 5.43. The predicted octanol–water partition coefficient (Wildman–Crippen LogP) is 2.19. The maximum Gasteiger partial charge on any atom is 0.323 e. The molecule has 1 atom stereocenters. The maximum atomic E-state index is 12.8. The first-order valence-corrected chi connectivity index (χ1v) is 7.44. The summed E-state index contributed by atoms with van der Waals surface area (Å²) < 4.78 is 18.4. The molecule has 1 amide bonds. The van der Waals surface area contributed by atoms with E-state index in [9.17, 15) is 14.0 Å². The number of fused-ring (bicyclic) bond motifs is 1. The van der Waals surface area contributed by atoms with Gasteiger partial charge in [0.15, 0.2) is 0 Å². The van der Waals surface area contributed by atoms with Gasteiger partial charge in [-0.1, -0.05) is 0 Å². The molecule has 0 aliphatic rings. The van der Waals surface area contributed by atoms with Crippen molar-refractivity contribution in [1.82, 2.24) is 15.3 Å². The Hall–Kier alpha value is -3.09. The molecular weight excluding hydrogens is 313 g/mol. The highest BCUT2D eigenvalue weighted by molar-refractivity contribution is 5.97. The minimum absolute atomic E-state index is 0.270. The van der Waals surface area contributed by atoms with E-state index in [4.69, 9.17) is 4.74 Å². The number of benzene rings is 2. The molecule has 24 heavy (non-hydrogen) atoms. The summed E-state index contributed by atoms with van der Waals surface area (Å²) in [6.07, 6.45) is -0.282. The highest BCUT2D eigenvalue weighted by atomic mass is 19.1. The fourth-order valence-corrected chi connectivity index (χ4v) is 2.30. The van der Waals surface area contributed by atoms with Gasteiger partial charge in [0.05, 0.1) is 17.6 Å². The molecular formula is C17H16FN3O3. The van der Waals surface area contributed by atoms with Crippen molar-refractivity contribution in [3.05, 3.63) is 64.3 Å². The minimum atomic E-state index is -0.332. The van der Waals surface area contributed by atoms with Crippen molar-refractivity contribution < 1.29 is 13.9 Å². The maximum absolute atomic E-state index is 12.8. The molecule has 0 spiro atoms. The van der Waals surface area contributed by atoms with Crippen molar-refractivity contribution in [2.45, 2.75) is 13.0 Å². The highest BCUT2D eigenvalue weighted by Gasteiger charge is 2.10. The lowest BCUT2D eigenvalue weighted by atomic mass is 10.2. The van der Waals surface area contributed by atoms with Crippen LogP contribution in [0.3, 0.4) is 0 Å².